The summed E-state index contributed by atoms with van der Waals surface area (Å²) in [7, 11) is 0. The Bertz CT molecular complexity index is 434. The first-order valence-electron chi connectivity index (χ1n) is 7.02. The second-order valence-electron chi connectivity index (χ2n) is 6.20. The number of aliphatic hydroxyl groups is 1. The van der Waals surface area contributed by atoms with E-state index in [1.807, 2.05) is 20.8 Å². The lowest BCUT2D eigenvalue weighted by molar-refractivity contribution is -0.138. The number of hydrogen-bond acceptors (Lipinski definition) is 4. The summed E-state index contributed by atoms with van der Waals surface area (Å²) >= 11 is 0. The van der Waals surface area contributed by atoms with Gasteiger partial charge in [-0.15, -0.1) is 0 Å². The fraction of sp³-hybridized carbons (Fsp3) is 0.562. The number of aliphatic hydroxyl groups excluding tert-OH is 1. The van der Waals surface area contributed by atoms with Gasteiger partial charge in [-0.25, -0.2) is 4.39 Å². The molecule has 21 heavy (non-hydrogen) atoms. The molecule has 0 aromatic heterocycles. The van der Waals surface area contributed by atoms with Gasteiger partial charge in [-0.3, -0.25) is 4.79 Å². The first-order valence-corrected chi connectivity index (χ1v) is 7.02. The highest BCUT2D eigenvalue weighted by atomic mass is 19.1. The molecule has 1 heterocycles. The summed E-state index contributed by atoms with van der Waals surface area (Å²) in [5.41, 5.74) is 0.501. The van der Waals surface area contributed by atoms with Crippen molar-refractivity contribution in [3.63, 3.8) is 0 Å². The maximum absolute atomic E-state index is 12.7. The first kappa shape index (κ1) is 17.6. The lowest BCUT2D eigenvalue weighted by Crippen LogP contribution is -2.32. The molecule has 0 bridgehead atoms. The Balaban J connectivity index is 0.000000270. The van der Waals surface area contributed by atoms with E-state index in [-0.39, 0.29) is 23.4 Å². The largest absolute Gasteiger partial charge is 0.462 e. The Hall–Kier alpha value is -1.46. The van der Waals surface area contributed by atoms with Crippen LogP contribution in [-0.4, -0.2) is 36.9 Å². The smallest absolute Gasteiger partial charge is 0.293 e. The summed E-state index contributed by atoms with van der Waals surface area (Å²) in [6.45, 7) is 7.73. The van der Waals surface area contributed by atoms with Crippen molar-refractivity contribution >= 4 is 6.47 Å². The molecule has 118 valence electrons. The van der Waals surface area contributed by atoms with Crippen LogP contribution in [0.25, 0.3) is 0 Å². The second kappa shape index (κ2) is 7.52. The van der Waals surface area contributed by atoms with Crippen molar-refractivity contribution in [2.24, 2.45) is 0 Å². The molecule has 1 atom stereocenters. The van der Waals surface area contributed by atoms with Crippen molar-refractivity contribution in [3.05, 3.63) is 35.6 Å². The molecule has 5 heteroatoms. The van der Waals surface area contributed by atoms with E-state index in [1.165, 1.54) is 12.1 Å². The van der Waals surface area contributed by atoms with Gasteiger partial charge in [0.25, 0.3) is 6.47 Å². The summed E-state index contributed by atoms with van der Waals surface area (Å²) < 4.78 is 17.3. The first-order chi connectivity index (χ1) is 9.83. The zero-order chi connectivity index (χ0) is 15.9. The highest BCUT2D eigenvalue weighted by Crippen LogP contribution is 2.30. The van der Waals surface area contributed by atoms with Crippen LogP contribution in [0.5, 0.6) is 0 Å². The monoisotopic (exact) mass is 297 g/mol. The summed E-state index contributed by atoms with van der Waals surface area (Å²) in [6, 6.07) is 6.42. The molecule has 1 aliphatic heterocycles. The molecule has 1 unspecified atom stereocenters. The number of halogens is 1. The summed E-state index contributed by atoms with van der Waals surface area (Å²) in [5.74, 6) is -0.229. The molecule has 1 aromatic carbocycles. The van der Waals surface area contributed by atoms with Crippen molar-refractivity contribution in [1.82, 2.24) is 5.32 Å². The zero-order valence-electron chi connectivity index (χ0n) is 12.9. The molecule has 1 fully saturated rings. The highest BCUT2D eigenvalue weighted by molar-refractivity contribution is 5.37. The average molecular weight is 297 g/mol. The lowest BCUT2D eigenvalue weighted by Gasteiger charge is -2.26. The maximum atomic E-state index is 12.7. The standard InChI is InChI=1S/C11H14FNO.C5H10O2/c12-10-3-1-9(2-4-10)11(8-14)5-6-13-7-11;1-5(2,3)7-4-6/h1-4,13-14H,5-8H2;4H,1-3H3. The molecule has 1 aliphatic rings. The van der Waals surface area contributed by atoms with Crippen LogP contribution in [0, 0.1) is 5.82 Å². The minimum Gasteiger partial charge on any atom is -0.462 e. The molecule has 4 nitrogen and oxygen atoms in total. The van der Waals surface area contributed by atoms with Crippen molar-refractivity contribution in [2.75, 3.05) is 19.7 Å². The number of ether oxygens (including phenoxy) is 1. The van der Waals surface area contributed by atoms with E-state index in [9.17, 15) is 14.3 Å². The predicted octanol–water partition coefficient (Wildman–Crippen LogP) is 2.01. The zero-order valence-corrected chi connectivity index (χ0v) is 12.9. The molecular formula is C16H24FNO3. The lowest BCUT2D eigenvalue weighted by atomic mass is 9.80. The van der Waals surface area contributed by atoms with E-state index in [0.29, 0.717) is 6.47 Å². The van der Waals surface area contributed by atoms with Crippen LogP contribution >= 0.6 is 0 Å². The molecule has 0 spiro atoms. The van der Waals surface area contributed by atoms with E-state index >= 15 is 0 Å². The number of carbonyl (C=O) groups excluding carboxylic acids is 1. The molecule has 2 rings (SSSR count). The molecule has 0 radical (unpaired) electrons. The van der Waals surface area contributed by atoms with Gasteiger partial charge in [-0.2, -0.15) is 0 Å². The van der Waals surface area contributed by atoms with Gasteiger partial charge < -0.3 is 15.2 Å². The van der Waals surface area contributed by atoms with Gasteiger partial charge >= 0.3 is 0 Å². The minimum atomic E-state index is -0.318. The van der Waals surface area contributed by atoms with Gasteiger partial charge in [-0.1, -0.05) is 12.1 Å². The third-order valence-corrected chi connectivity index (χ3v) is 3.40. The van der Waals surface area contributed by atoms with Crippen LogP contribution in [0.15, 0.2) is 24.3 Å². The molecule has 0 aliphatic carbocycles. The Morgan fingerprint density at radius 3 is 2.33 bits per heavy atom. The fourth-order valence-electron chi connectivity index (χ4n) is 2.16. The average Bonchev–Trinajstić information content (AvgIpc) is 2.89. The van der Waals surface area contributed by atoms with Crippen LogP contribution in [-0.2, 0) is 14.9 Å². The van der Waals surface area contributed by atoms with Gasteiger partial charge in [0, 0.05) is 12.0 Å². The molecule has 0 amide bonds. The van der Waals surface area contributed by atoms with Gasteiger partial charge in [0.15, 0.2) is 0 Å². The maximum Gasteiger partial charge on any atom is 0.293 e. The molecule has 1 aromatic rings. The van der Waals surface area contributed by atoms with E-state index in [0.717, 1.165) is 25.1 Å². The third kappa shape index (κ3) is 5.44. The number of nitrogens with one attached hydrogen (secondary N) is 1. The van der Waals surface area contributed by atoms with E-state index in [4.69, 9.17) is 0 Å². The minimum absolute atomic E-state index is 0.117. The third-order valence-electron chi connectivity index (χ3n) is 3.40. The van der Waals surface area contributed by atoms with Gasteiger partial charge in [-0.05, 0) is 51.4 Å². The van der Waals surface area contributed by atoms with Crippen LogP contribution in [0.4, 0.5) is 4.39 Å². The number of benzene rings is 1. The summed E-state index contributed by atoms with van der Waals surface area (Å²) in [6.07, 6.45) is 0.912. The van der Waals surface area contributed by atoms with E-state index in [2.05, 4.69) is 10.1 Å². The number of carbonyl (C=O) groups is 1. The van der Waals surface area contributed by atoms with Crippen molar-refractivity contribution in [3.8, 4) is 0 Å². The molecule has 2 N–H and O–H groups in total. The Morgan fingerprint density at radius 2 is 2.00 bits per heavy atom. The molecular weight excluding hydrogens is 273 g/mol. The van der Waals surface area contributed by atoms with Crippen molar-refractivity contribution in [2.45, 2.75) is 38.2 Å². The van der Waals surface area contributed by atoms with Crippen LogP contribution in [0.3, 0.4) is 0 Å². The normalized spacial score (nSPS) is 21.4. The number of rotatable bonds is 3. The van der Waals surface area contributed by atoms with E-state index in [1.54, 1.807) is 12.1 Å². The summed E-state index contributed by atoms with van der Waals surface area (Å²) in [5, 5.41) is 12.6. The fourth-order valence-corrected chi connectivity index (χ4v) is 2.16. The van der Waals surface area contributed by atoms with Crippen molar-refractivity contribution in [1.29, 1.82) is 0 Å². The number of hydrogen-bond donors (Lipinski definition) is 2. The van der Waals surface area contributed by atoms with Crippen LogP contribution in [0.1, 0.15) is 32.8 Å². The second-order valence-corrected chi connectivity index (χ2v) is 6.20. The quantitative estimate of drug-likeness (QED) is 0.838. The Kier molecular flexibility index (Phi) is 6.30. The van der Waals surface area contributed by atoms with Gasteiger partial charge in [0.05, 0.1) is 6.61 Å². The van der Waals surface area contributed by atoms with Crippen molar-refractivity contribution < 1.29 is 19.0 Å². The Labute approximate surface area is 125 Å². The molecule has 0 saturated carbocycles. The topological polar surface area (TPSA) is 58.6 Å². The summed E-state index contributed by atoms with van der Waals surface area (Å²) in [4.78, 5) is 9.60. The highest BCUT2D eigenvalue weighted by Gasteiger charge is 2.34. The SMILES string of the molecule is CC(C)(C)OC=O.OCC1(c2ccc(F)cc2)CCNC1. The van der Waals surface area contributed by atoms with Gasteiger partial charge in [0.1, 0.15) is 11.4 Å². The molecule has 1 saturated heterocycles. The predicted molar refractivity (Wildman–Crippen MR) is 79.6 cm³/mol. The Morgan fingerprint density at radius 1 is 1.38 bits per heavy atom. The van der Waals surface area contributed by atoms with E-state index < -0.39 is 0 Å². The van der Waals surface area contributed by atoms with Gasteiger partial charge in [0.2, 0.25) is 0 Å². The van der Waals surface area contributed by atoms with Crippen LogP contribution < -0.4 is 5.32 Å². The van der Waals surface area contributed by atoms with Crippen LogP contribution in [0.2, 0.25) is 0 Å².